The van der Waals surface area contributed by atoms with E-state index in [1.54, 1.807) is 6.92 Å². The van der Waals surface area contributed by atoms with E-state index in [2.05, 4.69) is 10.6 Å². The van der Waals surface area contributed by atoms with Crippen LogP contribution in [0.1, 0.15) is 50.3 Å². The molecule has 6 heteroatoms. The summed E-state index contributed by atoms with van der Waals surface area (Å²) in [5, 5.41) is 14.2. The lowest BCUT2D eigenvalue weighted by atomic mass is 10.0. The number of benzene rings is 1. The number of amides is 2. The quantitative estimate of drug-likeness (QED) is 0.682. The third kappa shape index (κ3) is 7.44. The van der Waals surface area contributed by atoms with Crippen LogP contribution in [-0.2, 0) is 14.4 Å². The molecule has 2 amide bonds. The number of nitrogens with one attached hydrogen (secondary N) is 2. The van der Waals surface area contributed by atoms with E-state index in [1.165, 1.54) is 6.92 Å². The maximum atomic E-state index is 12.1. The molecule has 0 bridgehead atoms. The minimum absolute atomic E-state index is 0.00847. The fraction of sp³-hybridized carbons (Fsp3) is 0.471. The Morgan fingerprint density at radius 3 is 2.26 bits per heavy atom. The van der Waals surface area contributed by atoms with E-state index in [-0.39, 0.29) is 30.7 Å². The molecule has 0 spiro atoms. The molecular formula is C17H24N2O4. The van der Waals surface area contributed by atoms with Crippen LogP contribution in [0.3, 0.4) is 0 Å². The van der Waals surface area contributed by atoms with Gasteiger partial charge in [0, 0.05) is 19.4 Å². The molecule has 0 fully saturated rings. The second kappa shape index (κ2) is 8.92. The Morgan fingerprint density at radius 2 is 1.74 bits per heavy atom. The summed E-state index contributed by atoms with van der Waals surface area (Å²) < 4.78 is 0. The van der Waals surface area contributed by atoms with Crippen molar-refractivity contribution in [2.45, 2.75) is 52.1 Å². The van der Waals surface area contributed by atoms with Gasteiger partial charge in [0.2, 0.25) is 11.8 Å². The van der Waals surface area contributed by atoms with E-state index in [1.807, 2.05) is 31.2 Å². The minimum Gasteiger partial charge on any atom is -0.481 e. The van der Waals surface area contributed by atoms with Gasteiger partial charge < -0.3 is 15.7 Å². The van der Waals surface area contributed by atoms with Crippen molar-refractivity contribution in [3.05, 3.63) is 35.4 Å². The molecule has 6 nitrogen and oxygen atoms in total. The zero-order valence-corrected chi connectivity index (χ0v) is 13.8. The van der Waals surface area contributed by atoms with Crippen LogP contribution in [0, 0.1) is 6.92 Å². The molecule has 3 N–H and O–H groups in total. The highest BCUT2D eigenvalue weighted by Crippen LogP contribution is 2.17. The summed E-state index contributed by atoms with van der Waals surface area (Å²) in [5.41, 5.74) is 1.96. The number of aliphatic carboxylic acids is 1. The third-order valence-corrected chi connectivity index (χ3v) is 3.45. The van der Waals surface area contributed by atoms with Crippen LogP contribution in [0.4, 0.5) is 0 Å². The van der Waals surface area contributed by atoms with Crippen molar-refractivity contribution < 1.29 is 19.5 Å². The first-order valence-corrected chi connectivity index (χ1v) is 7.62. The smallest absolute Gasteiger partial charge is 0.303 e. The fourth-order valence-electron chi connectivity index (χ4n) is 2.23. The molecule has 0 heterocycles. The Balaban J connectivity index is 2.65. The topological polar surface area (TPSA) is 95.5 Å². The maximum Gasteiger partial charge on any atom is 0.303 e. The van der Waals surface area contributed by atoms with Crippen LogP contribution in [0.25, 0.3) is 0 Å². The number of hydrogen-bond acceptors (Lipinski definition) is 3. The Morgan fingerprint density at radius 1 is 1.13 bits per heavy atom. The summed E-state index contributed by atoms with van der Waals surface area (Å²) in [7, 11) is 0. The minimum atomic E-state index is -0.887. The van der Waals surface area contributed by atoms with Crippen LogP contribution in [-0.4, -0.2) is 28.9 Å². The van der Waals surface area contributed by atoms with Gasteiger partial charge in [0.05, 0.1) is 12.5 Å². The molecule has 0 aliphatic rings. The Labute approximate surface area is 136 Å². The average Bonchev–Trinajstić information content (AvgIpc) is 2.44. The maximum absolute atomic E-state index is 12.1. The van der Waals surface area contributed by atoms with Gasteiger partial charge in [-0.2, -0.15) is 0 Å². The first-order valence-electron chi connectivity index (χ1n) is 7.62. The van der Waals surface area contributed by atoms with E-state index in [0.29, 0.717) is 6.42 Å². The van der Waals surface area contributed by atoms with E-state index >= 15 is 0 Å². The Hall–Kier alpha value is -2.37. The highest BCUT2D eigenvalue weighted by atomic mass is 16.4. The van der Waals surface area contributed by atoms with Gasteiger partial charge in [0.1, 0.15) is 0 Å². The first-order chi connectivity index (χ1) is 10.8. The Bertz CT molecular complexity index is 554. The van der Waals surface area contributed by atoms with Crippen LogP contribution < -0.4 is 10.6 Å². The predicted molar refractivity (Wildman–Crippen MR) is 86.8 cm³/mol. The molecule has 0 aromatic heterocycles. The number of carboxylic acids is 1. The lowest BCUT2D eigenvalue weighted by Crippen LogP contribution is -2.37. The van der Waals surface area contributed by atoms with E-state index in [9.17, 15) is 14.4 Å². The molecule has 2 unspecified atom stereocenters. The average molecular weight is 320 g/mol. The van der Waals surface area contributed by atoms with E-state index < -0.39 is 12.0 Å². The number of carboxylic acid groups (broad SMARTS) is 1. The van der Waals surface area contributed by atoms with Crippen LogP contribution >= 0.6 is 0 Å². The zero-order valence-electron chi connectivity index (χ0n) is 13.8. The van der Waals surface area contributed by atoms with E-state index in [4.69, 9.17) is 5.11 Å². The summed E-state index contributed by atoms with van der Waals surface area (Å²) in [4.78, 5) is 34.0. The van der Waals surface area contributed by atoms with Gasteiger partial charge in [-0.3, -0.25) is 14.4 Å². The van der Waals surface area contributed by atoms with Gasteiger partial charge in [-0.15, -0.1) is 0 Å². The van der Waals surface area contributed by atoms with Gasteiger partial charge in [0.15, 0.2) is 0 Å². The van der Waals surface area contributed by atoms with Crippen molar-refractivity contribution in [2.24, 2.45) is 0 Å². The van der Waals surface area contributed by atoms with Crippen molar-refractivity contribution in [1.82, 2.24) is 10.6 Å². The largest absolute Gasteiger partial charge is 0.481 e. The lowest BCUT2D eigenvalue weighted by Gasteiger charge is -2.20. The molecule has 2 atom stereocenters. The second-order valence-electron chi connectivity index (χ2n) is 5.77. The number of carbonyl (C=O) groups excluding carboxylic acids is 2. The summed E-state index contributed by atoms with van der Waals surface area (Å²) in [6.07, 6.45) is 0.491. The van der Waals surface area contributed by atoms with Gasteiger partial charge >= 0.3 is 5.97 Å². The van der Waals surface area contributed by atoms with Gasteiger partial charge in [-0.25, -0.2) is 0 Å². The molecule has 1 aromatic carbocycles. The van der Waals surface area contributed by atoms with Gasteiger partial charge in [-0.05, 0) is 25.8 Å². The predicted octanol–water partition coefficient (Wildman–Crippen LogP) is 1.93. The lowest BCUT2D eigenvalue weighted by molar-refractivity contribution is -0.137. The molecule has 126 valence electrons. The summed E-state index contributed by atoms with van der Waals surface area (Å²) >= 11 is 0. The molecule has 0 radical (unpaired) electrons. The second-order valence-corrected chi connectivity index (χ2v) is 5.77. The monoisotopic (exact) mass is 320 g/mol. The normalized spacial score (nSPS) is 13.0. The molecule has 0 aliphatic carbocycles. The van der Waals surface area contributed by atoms with Crippen molar-refractivity contribution in [1.29, 1.82) is 0 Å². The summed E-state index contributed by atoms with van der Waals surface area (Å²) in [5.74, 6) is -1.31. The number of rotatable bonds is 8. The van der Waals surface area contributed by atoms with E-state index in [0.717, 1.165) is 11.1 Å². The van der Waals surface area contributed by atoms with Crippen molar-refractivity contribution in [3.8, 4) is 0 Å². The molecule has 0 aliphatic heterocycles. The molecule has 1 rings (SSSR count). The summed E-state index contributed by atoms with van der Waals surface area (Å²) in [6.45, 7) is 5.14. The Kier molecular flexibility index (Phi) is 7.25. The number of hydrogen-bond donors (Lipinski definition) is 3. The van der Waals surface area contributed by atoms with Crippen LogP contribution in [0.5, 0.6) is 0 Å². The van der Waals surface area contributed by atoms with Gasteiger partial charge in [-0.1, -0.05) is 29.8 Å². The number of carbonyl (C=O) groups is 3. The molecule has 23 heavy (non-hydrogen) atoms. The number of aryl methyl sites for hydroxylation is 1. The molecule has 0 saturated carbocycles. The summed E-state index contributed by atoms with van der Waals surface area (Å²) in [6, 6.07) is 7.00. The first kappa shape index (κ1) is 18.7. The highest BCUT2D eigenvalue weighted by Gasteiger charge is 2.18. The molecular weight excluding hydrogens is 296 g/mol. The highest BCUT2D eigenvalue weighted by molar-refractivity contribution is 5.79. The van der Waals surface area contributed by atoms with Crippen molar-refractivity contribution in [2.75, 3.05) is 0 Å². The SMILES string of the molecule is CC(=O)NC(CC(=O)NC(C)CCC(=O)O)c1ccc(C)cc1. The van der Waals surface area contributed by atoms with Crippen molar-refractivity contribution in [3.63, 3.8) is 0 Å². The fourth-order valence-corrected chi connectivity index (χ4v) is 2.23. The van der Waals surface area contributed by atoms with Gasteiger partial charge in [0.25, 0.3) is 0 Å². The standard InChI is InChI=1S/C17H24N2O4/c1-11-4-7-14(8-5-11)15(19-13(3)20)10-16(21)18-12(2)6-9-17(22)23/h4-5,7-8,12,15H,6,9-10H2,1-3H3,(H,18,21)(H,19,20)(H,22,23). The molecule has 0 saturated heterocycles. The van der Waals surface area contributed by atoms with Crippen molar-refractivity contribution >= 4 is 17.8 Å². The molecule has 1 aromatic rings. The van der Waals surface area contributed by atoms with Crippen LogP contribution in [0.15, 0.2) is 24.3 Å². The zero-order chi connectivity index (χ0) is 17.4. The third-order valence-electron chi connectivity index (χ3n) is 3.45. The van der Waals surface area contributed by atoms with Crippen LogP contribution in [0.2, 0.25) is 0 Å².